The fraction of sp³-hybridized carbons (Fsp3) is 0.762. The molecule has 0 radical (unpaired) electrons. The zero-order valence-electron chi connectivity index (χ0n) is 17.2. The van der Waals surface area contributed by atoms with Gasteiger partial charge >= 0.3 is 161 Å². The summed E-state index contributed by atoms with van der Waals surface area (Å²) in [5, 5.41) is 0. The van der Waals surface area contributed by atoms with Gasteiger partial charge in [-0.1, -0.05) is 0 Å². The molecule has 0 saturated heterocycles. The molecule has 2 nitrogen and oxygen atoms in total. The summed E-state index contributed by atoms with van der Waals surface area (Å²) in [5.41, 5.74) is 3.13. The number of hydrogen-bond donors (Lipinski definition) is 1. The van der Waals surface area contributed by atoms with Gasteiger partial charge in [-0.05, 0) is 0 Å². The first-order chi connectivity index (χ1) is 11.9. The van der Waals surface area contributed by atoms with Gasteiger partial charge < -0.3 is 24.8 Å². The first kappa shape index (κ1) is 23.7. The number of hydrogen-bond acceptors (Lipinski definition) is 1. The molecule has 1 amide bonds. The Morgan fingerprint density at radius 1 is 1.15 bits per heavy atom. The van der Waals surface area contributed by atoms with Crippen LogP contribution in [0.5, 0.6) is 0 Å². The summed E-state index contributed by atoms with van der Waals surface area (Å²) in [7, 11) is 0. The van der Waals surface area contributed by atoms with Gasteiger partial charge in [0.25, 0.3) is 0 Å². The molecule has 6 heteroatoms. The van der Waals surface area contributed by atoms with Crippen LogP contribution in [0.4, 0.5) is 0 Å². The Balaban J connectivity index is 0.00000131. The van der Waals surface area contributed by atoms with E-state index in [1.54, 1.807) is 15.0 Å². The number of halogens is 2. The predicted molar refractivity (Wildman–Crippen MR) is 103 cm³/mol. The van der Waals surface area contributed by atoms with Crippen LogP contribution in [-0.2, 0) is 22.2 Å². The number of carbonyl (C=O) groups is 1. The van der Waals surface area contributed by atoms with Crippen LogP contribution < -0.4 is 28.6 Å². The Bertz CT molecular complexity index is 611. The molecule has 4 bridgehead atoms. The van der Waals surface area contributed by atoms with Crippen LogP contribution in [0.2, 0.25) is 13.1 Å². The fourth-order valence-corrected chi connectivity index (χ4v) is 16.0. The van der Waals surface area contributed by atoms with E-state index in [-0.39, 0.29) is 30.2 Å². The second kappa shape index (κ2) is 9.08. The Labute approximate surface area is 185 Å². The Morgan fingerprint density at radius 3 is 2.07 bits per heavy atom. The van der Waals surface area contributed by atoms with Gasteiger partial charge in [0.05, 0.1) is 0 Å². The van der Waals surface area contributed by atoms with E-state index in [1.807, 2.05) is 0 Å². The molecular weight excluding hydrogens is 429 g/mol. The zero-order valence-corrected chi connectivity index (χ0v) is 21.4. The SMILES string of the molecule is CCC1=C(C)C[C]([Ti+2]([NH]C(=O)C23CC4CC(CC(C4)C2)C3)[SiH](C)C)=C1.[Cl-].[Cl-]. The maximum Gasteiger partial charge on any atom is -1.00 e. The molecule has 0 aromatic carbocycles. The first-order valence-electron chi connectivity index (χ1n) is 10.5. The summed E-state index contributed by atoms with van der Waals surface area (Å²) in [5.74, 6) is 3.07. The van der Waals surface area contributed by atoms with E-state index in [2.05, 4.69) is 36.8 Å². The number of allylic oxidation sites excluding steroid dienone is 4. The minimum atomic E-state index is -1.61. The van der Waals surface area contributed by atoms with Gasteiger partial charge in [0.1, 0.15) is 0 Å². The van der Waals surface area contributed by atoms with Gasteiger partial charge in [-0.25, -0.2) is 0 Å². The van der Waals surface area contributed by atoms with E-state index in [9.17, 15) is 4.79 Å². The van der Waals surface area contributed by atoms with Gasteiger partial charge in [0, 0.05) is 0 Å². The van der Waals surface area contributed by atoms with Crippen molar-refractivity contribution in [3.63, 3.8) is 0 Å². The fourth-order valence-electron chi connectivity index (χ4n) is 6.60. The van der Waals surface area contributed by atoms with E-state index in [0.717, 1.165) is 30.6 Å². The van der Waals surface area contributed by atoms with Crippen molar-refractivity contribution in [1.29, 1.82) is 0 Å². The molecule has 151 valence electrons. The quantitative estimate of drug-likeness (QED) is 0.514. The average Bonchev–Trinajstić information content (AvgIpc) is 2.91. The smallest absolute Gasteiger partial charge is 1.00 e. The second-order valence-corrected chi connectivity index (χ2v) is 22.5. The Morgan fingerprint density at radius 2 is 1.67 bits per heavy atom. The van der Waals surface area contributed by atoms with Crippen LogP contribution in [0.15, 0.2) is 21.1 Å². The molecule has 27 heavy (non-hydrogen) atoms. The topological polar surface area (TPSA) is 29.1 Å². The van der Waals surface area contributed by atoms with Crippen LogP contribution in [0.1, 0.15) is 65.2 Å². The summed E-state index contributed by atoms with van der Waals surface area (Å²) in [6.45, 7) is 8.67. The predicted octanol–water partition coefficient (Wildman–Crippen LogP) is -1.14. The number of rotatable bonds is 5. The maximum atomic E-state index is 13.5. The van der Waals surface area contributed by atoms with E-state index in [4.69, 9.17) is 0 Å². The third kappa shape index (κ3) is 4.48. The molecule has 0 aromatic heterocycles. The number of amides is 1. The van der Waals surface area contributed by atoms with E-state index >= 15 is 0 Å². The molecule has 5 aliphatic rings. The molecule has 0 aliphatic heterocycles. The normalized spacial score (nSPS) is 33.5. The van der Waals surface area contributed by atoms with Crippen LogP contribution in [-0.4, -0.2) is 12.6 Å². The molecule has 0 spiro atoms. The van der Waals surface area contributed by atoms with Gasteiger partial charge in [0.2, 0.25) is 0 Å². The molecule has 4 saturated carbocycles. The Hall–Kier alpha value is 0.461. The molecule has 0 unspecified atom stereocenters. The summed E-state index contributed by atoms with van der Waals surface area (Å²) < 4.78 is 5.44. The molecular formula is C21H34Cl2NOSiTi. The molecule has 0 aromatic rings. The van der Waals surface area contributed by atoms with Crippen molar-refractivity contribution in [3.05, 3.63) is 21.1 Å². The molecule has 1 N–H and O–H groups in total. The summed E-state index contributed by atoms with van der Waals surface area (Å²) in [4.78, 5) is 13.5. The van der Waals surface area contributed by atoms with Crippen LogP contribution in [0, 0.1) is 23.2 Å². The zero-order chi connectivity index (χ0) is 17.8. The molecule has 0 atom stereocenters. The van der Waals surface area contributed by atoms with Gasteiger partial charge in [-0.15, -0.1) is 0 Å². The van der Waals surface area contributed by atoms with Gasteiger partial charge in [-0.3, -0.25) is 0 Å². The average molecular weight is 463 g/mol. The van der Waals surface area contributed by atoms with E-state index in [1.165, 1.54) is 38.5 Å². The third-order valence-electron chi connectivity index (χ3n) is 7.42. The molecule has 5 rings (SSSR count). The maximum absolute atomic E-state index is 13.5. The first-order valence-corrected chi connectivity index (χ1v) is 17.6. The van der Waals surface area contributed by atoms with Crippen LogP contribution in [0.25, 0.3) is 0 Å². The minimum absolute atomic E-state index is 0. The van der Waals surface area contributed by atoms with E-state index in [0.29, 0.717) is 5.91 Å². The summed E-state index contributed by atoms with van der Waals surface area (Å²) >= 11 is -1.61. The van der Waals surface area contributed by atoms with E-state index < -0.39 is 24.0 Å². The van der Waals surface area contributed by atoms with Crippen molar-refractivity contribution in [2.75, 3.05) is 0 Å². The largest absolute Gasteiger partial charge is 1.00 e. The second-order valence-electron chi connectivity index (χ2n) is 9.73. The summed E-state index contributed by atoms with van der Waals surface area (Å²) in [6, 6.07) is 0. The van der Waals surface area contributed by atoms with Crippen molar-refractivity contribution in [2.24, 2.45) is 23.2 Å². The summed E-state index contributed by atoms with van der Waals surface area (Å²) in [6.07, 6.45) is 12.6. The standard InChI is InChI=1S/C11H17NO.C8H11.C2H7Si.2ClH.Ti/c12-10(13)11-4-7-1-8(5-11)3-9(2-7)6-11;1-3-8-6-4-5-7(8)2;1-3-2;;;/h7-9H,1-6H2,(H2,12,13);6H,3,5H2,1-2H3;3H,1-2H3;2*1H;/q;;;;;+3/p-3. The minimum Gasteiger partial charge on any atom is -1.00 e. The molecule has 4 fully saturated rings. The Kier molecular flexibility index (Phi) is 7.98. The monoisotopic (exact) mass is 462 g/mol. The van der Waals surface area contributed by atoms with Crippen molar-refractivity contribution in [1.82, 2.24) is 3.80 Å². The van der Waals surface area contributed by atoms with Crippen LogP contribution >= 0.6 is 0 Å². The van der Waals surface area contributed by atoms with Crippen molar-refractivity contribution < 1.29 is 47.0 Å². The van der Waals surface area contributed by atoms with Crippen molar-refractivity contribution >= 4 is 12.6 Å². The van der Waals surface area contributed by atoms with Gasteiger partial charge in [0.15, 0.2) is 0 Å². The van der Waals surface area contributed by atoms with Crippen molar-refractivity contribution in [2.45, 2.75) is 78.3 Å². The molecule has 5 aliphatic carbocycles. The van der Waals surface area contributed by atoms with Crippen molar-refractivity contribution in [3.8, 4) is 0 Å². The number of carbonyl (C=O) groups excluding carboxylic acids is 1. The third-order valence-corrected chi connectivity index (χ3v) is 18.5. The number of nitrogens with one attached hydrogen (secondary N) is 1. The van der Waals surface area contributed by atoms with Gasteiger partial charge in [-0.2, -0.15) is 0 Å². The molecule has 0 heterocycles. The van der Waals surface area contributed by atoms with Crippen LogP contribution in [0.3, 0.4) is 0 Å².